The van der Waals surface area contributed by atoms with Crippen LogP contribution in [0, 0.1) is 0 Å². The monoisotopic (exact) mass is 242 g/mol. The van der Waals surface area contributed by atoms with Gasteiger partial charge in [-0.1, -0.05) is 24.3 Å². The summed E-state index contributed by atoms with van der Waals surface area (Å²) < 4.78 is 5.41. The van der Waals surface area contributed by atoms with Crippen LogP contribution in [0.25, 0.3) is 0 Å². The van der Waals surface area contributed by atoms with Gasteiger partial charge < -0.3 is 10.1 Å². The molecule has 94 valence electrons. The molecule has 0 bridgehead atoms. The molecule has 0 fully saturated rings. The van der Waals surface area contributed by atoms with E-state index in [9.17, 15) is 0 Å². The third-order valence-electron chi connectivity index (χ3n) is 3.03. The molecule has 0 saturated heterocycles. The van der Waals surface area contributed by atoms with E-state index in [1.165, 1.54) is 11.1 Å². The molecule has 1 heterocycles. The number of para-hydroxylation sites is 1. The normalized spacial score (nSPS) is 12.1. The molecule has 3 heteroatoms. The highest BCUT2D eigenvalue weighted by molar-refractivity contribution is 5.36. The predicted octanol–water partition coefficient (Wildman–Crippen LogP) is 2.59. The summed E-state index contributed by atoms with van der Waals surface area (Å²) in [6, 6.07) is 12.4. The van der Waals surface area contributed by atoms with Crippen molar-refractivity contribution in [3.63, 3.8) is 0 Å². The zero-order chi connectivity index (χ0) is 12.8. The van der Waals surface area contributed by atoms with Gasteiger partial charge in [-0.15, -0.1) is 0 Å². The molecule has 1 N–H and O–H groups in total. The molecule has 18 heavy (non-hydrogen) atoms. The average Bonchev–Trinajstić information content (AvgIpc) is 2.46. The second kappa shape index (κ2) is 6.17. The maximum absolute atomic E-state index is 5.41. The fraction of sp³-hybridized carbons (Fsp3) is 0.267. The van der Waals surface area contributed by atoms with Crippen molar-refractivity contribution in [2.24, 2.45) is 0 Å². The number of hydrogen-bond acceptors (Lipinski definition) is 3. The summed E-state index contributed by atoms with van der Waals surface area (Å²) in [7, 11) is 3.67. The van der Waals surface area contributed by atoms with Crippen LogP contribution in [0.1, 0.15) is 17.2 Å². The van der Waals surface area contributed by atoms with Gasteiger partial charge in [0, 0.05) is 24.0 Å². The molecule has 0 saturated carbocycles. The molecule has 0 aliphatic carbocycles. The van der Waals surface area contributed by atoms with Crippen molar-refractivity contribution in [1.29, 1.82) is 0 Å². The first-order valence-electron chi connectivity index (χ1n) is 6.04. The molecule has 2 rings (SSSR count). The quantitative estimate of drug-likeness (QED) is 0.875. The fourth-order valence-corrected chi connectivity index (χ4v) is 2.08. The molecule has 0 radical (unpaired) electrons. The van der Waals surface area contributed by atoms with Gasteiger partial charge in [0.25, 0.3) is 0 Å². The number of benzene rings is 1. The van der Waals surface area contributed by atoms with Crippen molar-refractivity contribution in [3.8, 4) is 5.75 Å². The highest BCUT2D eigenvalue weighted by Crippen LogP contribution is 2.26. The van der Waals surface area contributed by atoms with Crippen LogP contribution in [0.5, 0.6) is 5.75 Å². The first kappa shape index (κ1) is 12.6. The van der Waals surface area contributed by atoms with Crippen molar-refractivity contribution in [3.05, 3.63) is 59.9 Å². The number of aromatic nitrogens is 1. The van der Waals surface area contributed by atoms with E-state index in [1.807, 2.05) is 37.5 Å². The molecule has 0 aliphatic heterocycles. The van der Waals surface area contributed by atoms with Gasteiger partial charge in [0.05, 0.1) is 7.11 Å². The summed E-state index contributed by atoms with van der Waals surface area (Å²) >= 11 is 0. The summed E-state index contributed by atoms with van der Waals surface area (Å²) in [6.07, 6.45) is 4.59. The lowest BCUT2D eigenvalue weighted by Gasteiger charge is -2.19. The van der Waals surface area contributed by atoms with Gasteiger partial charge in [-0.25, -0.2) is 0 Å². The number of methoxy groups -OCH3 is 1. The zero-order valence-corrected chi connectivity index (χ0v) is 10.8. The Hall–Kier alpha value is -1.87. The Morgan fingerprint density at radius 3 is 2.72 bits per heavy atom. The van der Waals surface area contributed by atoms with E-state index >= 15 is 0 Å². The van der Waals surface area contributed by atoms with Gasteiger partial charge in [0.1, 0.15) is 5.75 Å². The first-order valence-corrected chi connectivity index (χ1v) is 6.04. The second-order valence-electron chi connectivity index (χ2n) is 4.15. The molecule has 0 spiro atoms. The highest BCUT2D eigenvalue weighted by Gasteiger charge is 2.14. The smallest absolute Gasteiger partial charge is 0.123 e. The van der Waals surface area contributed by atoms with Crippen LogP contribution in [0.3, 0.4) is 0 Å². The van der Waals surface area contributed by atoms with Crippen LogP contribution >= 0.6 is 0 Å². The molecule has 1 aromatic heterocycles. The summed E-state index contributed by atoms with van der Waals surface area (Å²) in [5, 5.41) is 3.33. The number of nitrogens with zero attached hydrogens (tertiary/aromatic N) is 1. The van der Waals surface area contributed by atoms with E-state index in [1.54, 1.807) is 13.3 Å². The Morgan fingerprint density at radius 2 is 2.06 bits per heavy atom. The minimum absolute atomic E-state index is 0.227. The van der Waals surface area contributed by atoms with Gasteiger partial charge in [-0.2, -0.15) is 0 Å². The third kappa shape index (κ3) is 2.87. The molecular formula is C15H18N2O. The van der Waals surface area contributed by atoms with Crippen LogP contribution in [-0.4, -0.2) is 19.1 Å². The highest BCUT2D eigenvalue weighted by atomic mass is 16.5. The van der Waals surface area contributed by atoms with Gasteiger partial charge in [0.15, 0.2) is 0 Å². The van der Waals surface area contributed by atoms with Gasteiger partial charge in [0.2, 0.25) is 0 Å². The Balaban J connectivity index is 2.23. The summed E-state index contributed by atoms with van der Waals surface area (Å²) in [4.78, 5) is 4.15. The van der Waals surface area contributed by atoms with Crippen LogP contribution in [-0.2, 0) is 6.42 Å². The minimum Gasteiger partial charge on any atom is -0.496 e. The Bertz CT molecular complexity index is 485. The predicted molar refractivity (Wildman–Crippen MR) is 72.7 cm³/mol. The van der Waals surface area contributed by atoms with Crippen LogP contribution in [0.15, 0.2) is 48.8 Å². The number of pyridine rings is 1. The first-order chi connectivity index (χ1) is 8.85. The number of hydrogen-bond donors (Lipinski definition) is 1. The van der Waals surface area contributed by atoms with Gasteiger partial charge in [-0.3, -0.25) is 4.98 Å². The van der Waals surface area contributed by atoms with Crippen molar-refractivity contribution in [2.75, 3.05) is 14.2 Å². The molecule has 1 unspecified atom stereocenters. The molecule has 3 nitrogen and oxygen atoms in total. The number of likely N-dealkylation sites (N-methyl/N-ethyl adjacent to an activating group) is 1. The lowest BCUT2D eigenvalue weighted by molar-refractivity contribution is 0.401. The van der Waals surface area contributed by atoms with Crippen molar-refractivity contribution in [2.45, 2.75) is 12.5 Å². The average molecular weight is 242 g/mol. The minimum atomic E-state index is 0.227. The van der Waals surface area contributed by atoms with E-state index in [2.05, 4.69) is 22.4 Å². The standard InChI is InChI=1S/C15H18N2O/c1-16-14(10-12-6-5-9-17-11-12)13-7-3-4-8-15(13)18-2/h3-9,11,14,16H,10H2,1-2H3. The van der Waals surface area contributed by atoms with E-state index in [0.29, 0.717) is 0 Å². The van der Waals surface area contributed by atoms with Crippen molar-refractivity contribution < 1.29 is 4.74 Å². The zero-order valence-electron chi connectivity index (χ0n) is 10.8. The van der Waals surface area contributed by atoms with Gasteiger partial charge in [-0.05, 0) is 31.2 Å². The number of nitrogens with one attached hydrogen (secondary N) is 1. The number of ether oxygens (including phenoxy) is 1. The Morgan fingerprint density at radius 1 is 1.22 bits per heavy atom. The summed E-state index contributed by atoms with van der Waals surface area (Å²) in [5.74, 6) is 0.917. The lowest BCUT2D eigenvalue weighted by Crippen LogP contribution is -2.19. The van der Waals surface area contributed by atoms with Crippen molar-refractivity contribution in [1.82, 2.24) is 10.3 Å². The summed E-state index contributed by atoms with van der Waals surface area (Å²) in [6.45, 7) is 0. The van der Waals surface area contributed by atoms with E-state index < -0.39 is 0 Å². The molecule has 2 aromatic rings. The summed E-state index contributed by atoms with van der Waals surface area (Å²) in [5.41, 5.74) is 2.38. The lowest BCUT2D eigenvalue weighted by atomic mass is 9.99. The number of rotatable bonds is 5. The van der Waals surface area contributed by atoms with Gasteiger partial charge >= 0.3 is 0 Å². The van der Waals surface area contributed by atoms with E-state index in [-0.39, 0.29) is 6.04 Å². The SMILES string of the molecule is CNC(Cc1cccnc1)c1ccccc1OC. The van der Waals surface area contributed by atoms with E-state index in [4.69, 9.17) is 4.74 Å². The molecule has 1 aromatic carbocycles. The molecule has 0 aliphatic rings. The maximum atomic E-state index is 5.41. The van der Waals surface area contributed by atoms with E-state index in [0.717, 1.165) is 12.2 Å². The Labute approximate surface area is 108 Å². The maximum Gasteiger partial charge on any atom is 0.123 e. The van der Waals surface area contributed by atoms with Crippen molar-refractivity contribution >= 4 is 0 Å². The second-order valence-corrected chi connectivity index (χ2v) is 4.15. The molecule has 0 amide bonds. The third-order valence-corrected chi connectivity index (χ3v) is 3.03. The molecular weight excluding hydrogens is 224 g/mol. The Kier molecular flexibility index (Phi) is 4.31. The largest absolute Gasteiger partial charge is 0.496 e. The van der Waals surface area contributed by atoms with Crippen LogP contribution in [0.4, 0.5) is 0 Å². The van der Waals surface area contributed by atoms with Crippen LogP contribution in [0.2, 0.25) is 0 Å². The topological polar surface area (TPSA) is 34.2 Å². The van der Waals surface area contributed by atoms with Crippen LogP contribution < -0.4 is 10.1 Å². The fourth-order valence-electron chi connectivity index (χ4n) is 2.08. The molecule has 1 atom stereocenters.